The molecule has 7 nitrogen and oxygen atoms in total. The standard InChI is InChI=1S/C20H29N5O2S.HI/c1-5-21-20(23-9-8-16-7-6-14(2)17(12-16)27-4)24-11-10-22-19(26)18-15(3)25-13-28-18;/h6-7,12-13H,5,8-11H2,1-4H3,(H,22,26)(H2,21,23,24);1H. The van der Waals surface area contributed by atoms with Crippen molar-refractivity contribution in [3.8, 4) is 5.75 Å². The zero-order chi connectivity index (χ0) is 20.4. The van der Waals surface area contributed by atoms with Gasteiger partial charge in [-0.3, -0.25) is 9.79 Å². The van der Waals surface area contributed by atoms with Crippen LogP contribution in [-0.4, -0.2) is 50.1 Å². The van der Waals surface area contributed by atoms with E-state index in [0.29, 0.717) is 24.5 Å². The molecule has 29 heavy (non-hydrogen) atoms. The summed E-state index contributed by atoms with van der Waals surface area (Å²) in [6, 6.07) is 6.22. The van der Waals surface area contributed by atoms with Gasteiger partial charge in [-0.05, 0) is 44.4 Å². The van der Waals surface area contributed by atoms with Crippen molar-refractivity contribution in [1.82, 2.24) is 20.9 Å². The second-order valence-corrected chi connectivity index (χ2v) is 7.12. The first kappa shape index (κ1) is 25.2. The van der Waals surface area contributed by atoms with E-state index >= 15 is 0 Å². The van der Waals surface area contributed by atoms with Crippen LogP contribution in [0, 0.1) is 13.8 Å². The number of ether oxygens (including phenoxy) is 1. The van der Waals surface area contributed by atoms with Crippen molar-refractivity contribution in [3.05, 3.63) is 45.4 Å². The molecule has 0 saturated carbocycles. The van der Waals surface area contributed by atoms with E-state index in [-0.39, 0.29) is 29.9 Å². The molecule has 0 aliphatic heterocycles. The van der Waals surface area contributed by atoms with Crippen molar-refractivity contribution in [2.24, 2.45) is 4.99 Å². The summed E-state index contributed by atoms with van der Waals surface area (Å²) in [6.07, 6.45) is 0.828. The number of guanidine groups is 1. The molecule has 2 aromatic rings. The zero-order valence-corrected chi connectivity index (χ0v) is 20.5. The lowest BCUT2D eigenvalue weighted by molar-refractivity contribution is 0.0957. The number of hydrogen-bond donors (Lipinski definition) is 3. The number of hydrogen-bond acceptors (Lipinski definition) is 5. The van der Waals surface area contributed by atoms with Crippen LogP contribution < -0.4 is 20.7 Å². The molecule has 2 rings (SSSR count). The normalized spacial score (nSPS) is 10.8. The molecule has 1 aromatic heterocycles. The maximum Gasteiger partial charge on any atom is 0.263 e. The fraction of sp³-hybridized carbons (Fsp3) is 0.450. The molecule has 0 atom stereocenters. The predicted molar refractivity (Wildman–Crippen MR) is 130 cm³/mol. The highest BCUT2D eigenvalue weighted by molar-refractivity contribution is 14.0. The Kier molecular flexibility index (Phi) is 11.6. The van der Waals surface area contributed by atoms with Crippen LogP contribution in [0.1, 0.15) is 33.4 Å². The van der Waals surface area contributed by atoms with Crippen LogP contribution in [0.3, 0.4) is 0 Å². The van der Waals surface area contributed by atoms with Gasteiger partial charge in [0.05, 0.1) is 18.3 Å². The summed E-state index contributed by atoms with van der Waals surface area (Å²) in [5.74, 6) is 1.56. The molecule has 1 amide bonds. The van der Waals surface area contributed by atoms with E-state index in [2.05, 4.69) is 44.1 Å². The van der Waals surface area contributed by atoms with Gasteiger partial charge in [0.1, 0.15) is 10.6 Å². The summed E-state index contributed by atoms with van der Waals surface area (Å²) >= 11 is 1.35. The maximum atomic E-state index is 12.1. The fourth-order valence-electron chi connectivity index (χ4n) is 2.62. The van der Waals surface area contributed by atoms with Crippen molar-refractivity contribution in [1.29, 1.82) is 0 Å². The molecule has 0 unspecified atom stereocenters. The first-order valence-electron chi connectivity index (χ1n) is 9.39. The summed E-state index contributed by atoms with van der Waals surface area (Å²) in [4.78, 5) is 21.4. The lowest BCUT2D eigenvalue weighted by Gasteiger charge is -2.12. The Hall–Kier alpha value is -1.88. The average Bonchev–Trinajstić information content (AvgIpc) is 3.12. The molecule has 9 heteroatoms. The Morgan fingerprint density at radius 3 is 2.62 bits per heavy atom. The fourth-order valence-corrected chi connectivity index (χ4v) is 3.33. The number of carbonyl (C=O) groups excluding carboxylic acids is 1. The summed E-state index contributed by atoms with van der Waals surface area (Å²) in [7, 11) is 1.69. The third-order valence-electron chi connectivity index (χ3n) is 4.14. The molecule has 0 saturated heterocycles. The van der Waals surface area contributed by atoms with Gasteiger partial charge < -0.3 is 20.7 Å². The van der Waals surface area contributed by atoms with Crippen molar-refractivity contribution in [2.45, 2.75) is 27.2 Å². The molecule has 0 aliphatic rings. The number of amides is 1. The van der Waals surface area contributed by atoms with E-state index in [1.807, 2.05) is 20.8 Å². The lowest BCUT2D eigenvalue weighted by atomic mass is 10.1. The molecule has 160 valence electrons. The van der Waals surface area contributed by atoms with E-state index in [4.69, 9.17) is 4.74 Å². The minimum atomic E-state index is -0.0861. The number of thiazole rings is 1. The van der Waals surface area contributed by atoms with Gasteiger partial charge in [-0.25, -0.2) is 4.98 Å². The predicted octanol–water partition coefficient (Wildman–Crippen LogP) is 2.91. The Morgan fingerprint density at radius 1 is 1.21 bits per heavy atom. The van der Waals surface area contributed by atoms with Crippen LogP contribution in [0.4, 0.5) is 0 Å². The van der Waals surface area contributed by atoms with Gasteiger partial charge in [0.15, 0.2) is 5.96 Å². The highest BCUT2D eigenvalue weighted by Crippen LogP contribution is 2.19. The number of aliphatic imine (C=N–C) groups is 1. The number of aryl methyl sites for hydroxylation is 2. The van der Waals surface area contributed by atoms with Crippen LogP contribution >= 0.6 is 35.3 Å². The summed E-state index contributed by atoms with van der Waals surface area (Å²) in [5.41, 5.74) is 4.76. The Balaban J connectivity index is 0.00000420. The molecule has 0 spiro atoms. The van der Waals surface area contributed by atoms with Crippen molar-refractivity contribution >= 4 is 47.2 Å². The quantitative estimate of drug-likeness (QED) is 0.201. The van der Waals surface area contributed by atoms with Gasteiger partial charge in [0.2, 0.25) is 0 Å². The van der Waals surface area contributed by atoms with Gasteiger partial charge in [0.25, 0.3) is 5.91 Å². The zero-order valence-electron chi connectivity index (χ0n) is 17.4. The summed E-state index contributed by atoms with van der Waals surface area (Å²) < 4.78 is 5.37. The van der Waals surface area contributed by atoms with Crippen molar-refractivity contribution < 1.29 is 9.53 Å². The molecule has 0 bridgehead atoms. The van der Waals surface area contributed by atoms with Crippen molar-refractivity contribution in [2.75, 3.05) is 33.3 Å². The van der Waals surface area contributed by atoms with E-state index in [1.165, 1.54) is 16.9 Å². The SMILES string of the molecule is CCNC(=NCCc1ccc(C)c(OC)c1)NCCNC(=O)c1scnc1C.I. The molecule has 1 heterocycles. The second kappa shape index (κ2) is 13.4. The number of carbonyl (C=O) groups is 1. The first-order chi connectivity index (χ1) is 13.5. The highest BCUT2D eigenvalue weighted by Gasteiger charge is 2.10. The van der Waals surface area contributed by atoms with Gasteiger partial charge >= 0.3 is 0 Å². The van der Waals surface area contributed by atoms with Gasteiger partial charge in [-0.15, -0.1) is 35.3 Å². The largest absolute Gasteiger partial charge is 0.496 e. The molecule has 0 aliphatic carbocycles. The van der Waals surface area contributed by atoms with E-state index < -0.39 is 0 Å². The minimum absolute atomic E-state index is 0. The Bertz CT molecular complexity index is 810. The summed E-state index contributed by atoms with van der Waals surface area (Å²) in [6.45, 7) is 8.43. The van der Waals surface area contributed by atoms with Crippen LogP contribution in [0.25, 0.3) is 0 Å². The second-order valence-electron chi connectivity index (χ2n) is 6.26. The van der Waals surface area contributed by atoms with Gasteiger partial charge in [-0.2, -0.15) is 0 Å². The van der Waals surface area contributed by atoms with Crippen LogP contribution in [0.5, 0.6) is 5.75 Å². The number of halogens is 1. The number of nitrogens with one attached hydrogen (secondary N) is 3. The van der Waals surface area contributed by atoms with Crippen LogP contribution in [0.15, 0.2) is 28.7 Å². The maximum absolute atomic E-state index is 12.1. The molecule has 0 fully saturated rings. The van der Waals surface area contributed by atoms with E-state index in [1.54, 1.807) is 12.6 Å². The minimum Gasteiger partial charge on any atom is -0.496 e. The number of aromatic nitrogens is 1. The third-order valence-corrected chi connectivity index (χ3v) is 5.07. The van der Waals surface area contributed by atoms with Gasteiger partial charge in [0, 0.05) is 26.2 Å². The lowest BCUT2D eigenvalue weighted by Crippen LogP contribution is -2.41. The Morgan fingerprint density at radius 2 is 1.97 bits per heavy atom. The first-order valence-corrected chi connectivity index (χ1v) is 10.3. The third kappa shape index (κ3) is 8.17. The molecular weight excluding hydrogens is 501 g/mol. The van der Waals surface area contributed by atoms with Crippen molar-refractivity contribution in [3.63, 3.8) is 0 Å². The Labute approximate surface area is 193 Å². The number of methoxy groups -OCH3 is 1. The monoisotopic (exact) mass is 531 g/mol. The van der Waals surface area contributed by atoms with Crippen LogP contribution in [-0.2, 0) is 6.42 Å². The number of nitrogens with zero attached hydrogens (tertiary/aromatic N) is 2. The molecule has 3 N–H and O–H groups in total. The van der Waals surface area contributed by atoms with E-state index in [9.17, 15) is 4.79 Å². The highest BCUT2D eigenvalue weighted by atomic mass is 127. The van der Waals surface area contributed by atoms with Crippen LogP contribution in [0.2, 0.25) is 0 Å². The smallest absolute Gasteiger partial charge is 0.263 e. The molecule has 1 aromatic carbocycles. The average molecular weight is 531 g/mol. The molecule has 0 radical (unpaired) electrons. The molecular formula is C20H30IN5O2S. The summed E-state index contributed by atoms with van der Waals surface area (Å²) in [5, 5.41) is 9.36. The van der Waals surface area contributed by atoms with Gasteiger partial charge in [-0.1, -0.05) is 12.1 Å². The van der Waals surface area contributed by atoms with E-state index in [0.717, 1.165) is 35.9 Å². The number of rotatable bonds is 9. The topological polar surface area (TPSA) is 87.6 Å². The number of benzene rings is 1.